The van der Waals surface area contributed by atoms with Crippen LogP contribution in [0.2, 0.25) is 0 Å². The lowest BCUT2D eigenvalue weighted by Crippen LogP contribution is -2.40. The molecule has 32 heavy (non-hydrogen) atoms. The Labute approximate surface area is 185 Å². The molecule has 0 N–H and O–H groups in total. The Bertz CT molecular complexity index is 1230. The first kappa shape index (κ1) is 19.9. The van der Waals surface area contributed by atoms with Gasteiger partial charge in [-0.25, -0.2) is 0 Å². The summed E-state index contributed by atoms with van der Waals surface area (Å²) < 4.78 is 21.8. The van der Waals surface area contributed by atoms with Gasteiger partial charge in [-0.3, -0.25) is 4.79 Å². The van der Waals surface area contributed by atoms with Crippen LogP contribution in [0.3, 0.4) is 0 Å². The van der Waals surface area contributed by atoms with Gasteiger partial charge in [-0.1, -0.05) is 35.5 Å². The van der Waals surface area contributed by atoms with E-state index in [9.17, 15) is 4.79 Å². The highest BCUT2D eigenvalue weighted by Crippen LogP contribution is 2.41. The van der Waals surface area contributed by atoms with Gasteiger partial charge in [0.25, 0.3) is 5.91 Å². The van der Waals surface area contributed by atoms with Gasteiger partial charge in [-0.05, 0) is 47.4 Å². The number of methoxy groups -OCH3 is 2. The monoisotopic (exact) mass is 430 g/mol. The summed E-state index contributed by atoms with van der Waals surface area (Å²) in [4.78, 5) is 15.4. The molecule has 3 heterocycles. The zero-order chi connectivity index (χ0) is 22.1. The van der Waals surface area contributed by atoms with Crippen LogP contribution in [0.1, 0.15) is 33.2 Å². The molecule has 0 saturated carbocycles. The van der Waals surface area contributed by atoms with Crippen molar-refractivity contribution in [3.63, 3.8) is 0 Å². The first-order chi connectivity index (χ1) is 15.7. The second-order valence-corrected chi connectivity index (χ2v) is 7.52. The van der Waals surface area contributed by atoms with Crippen molar-refractivity contribution in [3.8, 4) is 23.0 Å². The fourth-order valence-electron chi connectivity index (χ4n) is 4.22. The minimum absolute atomic E-state index is 0.208. The first-order valence-electron chi connectivity index (χ1n) is 10.3. The Kier molecular flexibility index (Phi) is 5.15. The number of aromatic nitrogens is 1. The van der Waals surface area contributed by atoms with Gasteiger partial charge in [0.2, 0.25) is 5.76 Å². The number of furan rings is 1. The Hall–Kier alpha value is -4.00. The second-order valence-electron chi connectivity index (χ2n) is 7.52. The molecule has 7 nitrogen and oxygen atoms in total. The molecule has 0 radical (unpaired) electrons. The predicted octanol–water partition coefficient (Wildman–Crippen LogP) is 4.74. The number of hydrogen-bond acceptors (Lipinski definition) is 6. The summed E-state index contributed by atoms with van der Waals surface area (Å²) in [5.41, 5.74) is 3.37. The summed E-state index contributed by atoms with van der Waals surface area (Å²) >= 11 is 0. The number of fused-ring (bicyclic) bond motifs is 1. The second kappa shape index (κ2) is 8.26. The lowest BCUT2D eigenvalue weighted by molar-refractivity contribution is 0.0683. The van der Waals surface area contributed by atoms with Crippen LogP contribution in [0.5, 0.6) is 11.5 Å². The van der Waals surface area contributed by atoms with Crippen LogP contribution >= 0.6 is 0 Å². The van der Waals surface area contributed by atoms with Gasteiger partial charge in [0.15, 0.2) is 23.0 Å². The Morgan fingerprint density at radius 2 is 1.78 bits per heavy atom. The van der Waals surface area contributed by atoms with E-state index in [0.29, 0.717) is 36.0 Å². The summed E-state index contributed by atoms with van der Waals surface area (Å²) in [7, 11) is 3.23. The molecule has 0 aliphatic carbocycles. The number of amides is 1. The topological polar surface area (TPSA) is 77.9 Å². The van der Waals surface area contributed by atoms with Gasteiger partial charge >= 0.3 is 0 Å². The SMILES string of the molecule is COc1cc2c(cc1OC)C(c1ccccc1)N(C(=O)c1cc(-c3ccco3)on1)CC2. The highest BCUT2D eigenvalue weighted by Gasteiger charge is 2.35. The van der Waals surface area contributed by atoms with E-state index in [4.69, 9.17) is 18.4 Å². The third-order valence-electron chi connectivity index (χ3n) is 5.74. The quantitative estimate of drug-likeness (QED) is 0.455. The number of benzene rings is 2. The lowest BCUT2D eigenvalue weighted by Gasteiger charge is -2.37. The Morgan fingerprint density at radius 3 is 2.50 bits per heavy atom. The van der Waals surface area contributed by atoms with Crippen LogP contribution < -0.4 is 9.47 Å². The van der Waals surface area contributed by atoms with Crippen molar-refractivity contribution in [1.82, 2.24) is 10.1 Å². The van der Waals surface area contributed by atoms with E-state index in [1.54, 1.807) is 38.7 Å². The zero-order valence-electron chi connectivity index (χ0n) is 17.8. The van der Waals surface area contributed by atoms with E-state index in [1.807, 2.05) is 47.4 Å². The summed E-state index contributed by atoms with van der Waals surface area (Å²) in [5, 5.41) is 4.02. The molecule has 2 aromatic heterocycles. The van der Waals surface area contributed by atoms with Crippen LogP contribution in [0.25, 0.3) is 11.5 Å². The Morgan fingerprint density at radius 1 is 1.00 bits per heavy atom. The number of carbonyl (C=O) groups excluding carboxylic acids is 1. The van der Waals surface area contributed by atoms with Crippen LogP contribution in [0, 0.1) is 0 Å². The number of rotatable bonds is 5. The molecule has 1 aliphatic heterocycles. The standard InChI is InChI=1S/C25H22N2O5/c1-29-21-13-17-10-11-27(25(28)19-15-23(32-26-19)20-9-6-12-31-20)24(16-7-4-3-5-8-16)18(17)14-22(21)30-2/h3-9,12-15,24H,10-11H2,1-2H3. The van der Waals surface area contributed by atoms with Gasteiger partial charge in [-0.2, -0.15) is 0 Å². The maximum Gasteiger partial charge on any atom is 0.276 e. The molecule has 1 atom stereocenters. The molecule has 0 fully saturated rings. The largest absolute Gasteiger partial charge is 0.493 e. The van der Waals surface area contributed by atoms with Crippen molar-refractivity contribution >= 4 is 5.91 Å². The van der Waals surface area contributed by atoms with Crippen LogP contribution in [0.15, 0.2) is 75.9 Å². The van der Waals surface area contributed by atoms with Gasteiger partial charge in [-0.15, -0.1) is 0 Å². The smallest absolute Gasteiger partial charge is 0.276 e. The number of hydrogen-bond donors (Lipinski definition) is 0. The molecule has 1 aliphatic rings. The molecule has 4 aromatic rings. The molecular weight excluding hydrogens is 408 g/mol. The molecule has 0 spiro atoms. The van der Waals surface area contributed by atoms with Crippen molar-refractivity contribution in [2.24, 2.45) is 0 Å². The van der Waals surface area contributed by atoms with E-state index in [0.717, 1.165) is 16.7 Å². The van der Waals surface area contributed by atoms with Crippen LogP contribution in [-0.4, -0.2) is 36.7 Å². The predicted molar refractivity (Wildman–Crippen MR) is 117 cm³/mol. The highest BCUT2D eigenvalue weighted by atomic mass is 16.5. The Balaban J connectivity index is 1.57. The van der Waals surface area contributed by atoms with Gasteiger partial charge < -0.3 is 23.3 Å². The lowest BCUT2D eigenvalue weighted by atomic mass is 9.87. The van der Waals surface area contributed by atoms with Gasteiger partial charge in [0, 0.05) is 12.6 Å². The molecule has 1 unspecified atom stereocenters. The maximum absolute atomic E-state index is 13.6. The fraction of sp³-hybridized carbons (Fsp3) is 0.200. The summed E-state index contributed by atoms with van der Waals surface area (Å²) in [5.74, 6) is 2.04. The fourth-order valence-corrected chi connectivity index (χ4v) is 4.22. The summed E-state index contributed by atoms with van der Waals surface area (Å²) in [6.07, 6.45) is 2.24. The number of nitrogens with zero attached hydrogens (tertiary/aromatic N) is 2. The molecular formula is C25H22N2O5. The molecule has 1 amide bonds. The molecule has 2 aromatic carbocycles. The van der Waals surface area contributed by atoms with Crippen molar-refractivity contribution < 1.29 is 23.2 Å². The minimum atomic E-state index is -0.295. The van der Waals surface area contributed by atoms with Crippen molar-refractivity contribution in [2.75, 3.05) is 20.8 Å². The maximum atomic E-state index is 13.6. The highest BCUT2D eigenvalue weighted by molar-refractivity contribution is 5.93. The average Bonchev–Trinajstić information content (AvgIpc) is 3.54. The summed E-state index contributed by atoms with van der Waals surface area (Å²) in [6.45, 7) is 0.532. The molecule has 162 valence electrons. The molecule has 0 bridgehead atoms. The molecule has 7 heteroatoms. The van der Waals surface area contributed by atoms with Crippen LogP contribution in [-0.2, 0) is 6.42 Å². The molecule has 5 rings (SSSR count). The molecule has 0 saturated heterocycles. The number of carbonyl (C=O) groups is 1. The van der Waals surface area contributed by atoms with Gasteiger partial charge in [0.1, 0.15) is 0 Å². The minimum Gasteiger partial charge on any atom is -0.493 e. The third-order valence-corrected chi connectivity index (χ3v) is 5.74. The van der Waals surface area contributed by atoms with Gasteiger partial charge in [0.05, 0.1) is 26.5 Å². The normalized spacial score (nSPS) is 15.3. The third kappa shape index (κ3) is 3.41. The van der Waals surface area contributed by atoms with E-state index in [-0.39, 0.29) is 17.6 Å². The zero-order valence-corrected chi connectivity index (χ0v) is 17.8. The average molecular weight is 430 g/mol. The van der Waals surface area contributed by atoms with Crippen LogP contribution in [0.4, 0.5) is 0 Å². The van der Waals surface area contributed by atoms with Crippen molar-refractivity contribution in [3.05, 3.63) is 89.3 Å². The van der Waals surface area contributed by atoms with Crippen molar-refractivity contribution in [1.29, 1.82) is 0 Å². The van der Waals surface area contributed by atoms with Crippen molar-refractivity contribution in [2.45, 2.75) is 12.5 Å². The van der Waals surface area contributed by atoms with E-state index < -0.39 is 0 Å². The number of ether oxygens (including phenoxy) is 2. The first-order valence-corrected chi connectivity index (χ1v) is 10.3. The van der Waals surface area contributed by atoms with E-state index in [1.165, 1.54) is 0 Å². The van der Waals surface area contributed by atoms with E-state index in [2.05, 4.69) is 5.16 Å². The van der Waals surface area contributed by atoms with E-state index >= 15 is 0 Å². The summed E-state index contributed by atoms with van der Waals surface area (Å²) in [6, 6.07) is 18.7.